The summed E-state index contributed by atoms with van der Waals surface area (Å²) >= 11 is 1.31. The standard InChI is InChI=1S/C24H27N3O5S/c1-15(2)13-32-21-10-16(3)4-9-20(21)26-23(30)27-24-25-12-19(33-24)14-31-18-7-5-17(6-8-18)11-22(28)29/h4-10,12,15H,11,13-14H2,1-3H3,(H,28,29)(H2,25,26,27,30). The molecule has 174 valence electrons. The molecule has 0 spiro atoms. The monoisotopic (exact) mass is 469 g/mol. The van der Waals surface area contributed by atoms with E-state index in [4.69, 9.17) is 14.6 Å². The smallest absolute Gasteiger partial charge is 0.325 e. The van der Waals surface area contributed by atoms with Gasteiger partial charge in [0.15, 0.2) is 5.13 Å². The molecule has 3 rings (SSSR count). The highest BCUT2D eigenvalue weighted by molar-refractivity contribution is 7.15. The summed E-state index contributed by atoms with van der Waals surface area (Å²) in [6, 6.07) is 12.1. The Morgan fingerprint density at radius 3 is 2.55 bits per heavy atom. The van der Waals surface area contributed by atoms with Crippen LogP contribution in [-0.2, 0) is 17.8 Å². The maximum absolute atomic E-state index is 12.5. The van der Waals surface area contributed by atoms with Crippen LogP contribution in [0.2, 0.25) is 0 Å². The van der Waals surface area contributed by atoms with Crippen LogP contribution in [-0.4, -0.2) is 28.7 Å². The second-order valence-electron chi connectivity index (χ2n) is 7.92. The molecule has 1 aromatic heterocycles. The van der Waals surface area contributed by atoms with E-state index in [2.05, 4.69) is 29.5 Å². The van der Waals surface area contributed by atoms with Crippen LogP contribution in [0.4, 0.5) is 15.6 Å². The van der Waals surface area contributed by atoms with Gasteiger partial charge in [0.2, 0.25) is 0 Å². The Labute approximate surface area is 196 Å². The number of benzene rings is 2. The summed E-state index contributed by atoms with van der Waals surface area (Å²) in [6.07, 6.45) is 1.61. The summed E-state index contributed by atoms with van der Waals surface area (Å²) in [6.45, 7) is 6.93. The molecule has 0 bridgehead atoms. The lowest BCUT2D eigenvalue weighted by molar-refractivity contribution is -0.136. The van der Waals surface area contributed by atoms with E-state index in [-0.39, 0.29) is 13.0 Å². The van der Waals surface area contributed by atoms with E-state index in [1.165, 1.54) is 11.3 Å². The van der Waals surface area contributed by atoms with Gasteiger partial charge in [0.25, 0.3) is 0 Å². The van der Waals surface area contributed by atoms with E-state index in [9.17, 15) is 9.59 Å². The van der Waals surface area contributed by atoms with Gasteiger partial charge in [-0.1, -0.05) is 43.4 Å². The first-order chi connectivity index (χ1) is 15.8. The summed E-state index contributed by atoms with van der Waals surface area (Å²) in [5.41, 5.74) is 2.34. The van der Waals surface area contributed by atoms with Crippen molar-refractivity contribution >= 4 is 34.2 Å². The predicted octanol–water partition coefficient (Wildman–Crippen LogP) is 5.34. The normalized spacial score (nSPS) is 10.7. The number of carboxylic acid groups (broad SMARTS) is 1. The number of carboxylic acids is 1. The molecule has 0 saturated carbocycles. The first kappa shape index (κ1) is 24.1. The van der Waals surface area contributed by atoms with Crippen LogP contribution in [0.5, 0.6) is 11.5 Å². The Hall–Kier alpha value is -3.59. The number of amides is 2. The Morgan fingerprint density at radius 2 is 1.85 bits per heavy atom. The molecule has 0 aliphatic rings. The predicted molar refractivity (Wildman–Crippen MR) is 128 cm³/mol. The Kier molecular flexibility index (Phi) is 8.26. The lowest BCUT2D eigenvalue weighted by Crippen LogP contribution is -2.20. The maximum Gasteiger partial charge on any atom is 0.325 e. The number of anilines is 2. The molecule has 0 fully saturated rings. The van der Waals surface area contributed by atoms with Crippen molar-refractivity contribution in [3.63, 3.8) is 0 Å². The molecule has 1 heterocycles. The minimum atomic E-state index is -0.876. The van der Waals surface area contributed by atoms with Crippen LogP contribution in [0.15, 0.2) is 48.7 Å². The third-order valence-electron chi connectivity index (χ3n) is 4.39. The zero-order valence-electron chi connectivity index (χ0n) is 18.8. The van der Waals surface area contributed by atoms with Gasteiger partial charge in [0.05, 0.1) is 23.6 Å². The number of carbonyl (C=O) groups excluding carboxylic acids is 1. The van der Waals surface area contributed by atoms with E-state index in [1.54, 1.807) is 30.5 Å². The van der Waals surface area contributed by atoms with E-state index < -0.39 is 12.0 Å². The lowest BCUT2D eigenvalue weighted by atomic mass is 10.1. The van der Waals surface area contributed by atoms with E-state index in [1.807, 2.05) is 25.1 Å². The van der Waals surface area contributed by atoms with E-state index in [0.29, 0.717) is 40.4 Å². The van der Waals surface area contributed by atoms with Gasteiger partial charge in [-0.05, 0) is 48.2 Å². The quantitative estimate of drug-likeness (QED) is 0.370. The summed E-state index contributed by atoms with van der Waals surface area (Å²) < 4.78 is 11.6. The number of ether oxygens (including phenoxy) is 2. The van der Waals surface area contributed by atoms with Crippen LogP contribution >= 0.6 is 11.3 Å². The van der Waals surface area contributed by atoms with Gasteiger partial charge in [-0.3, -0.25) is 10.1 Å². The molecule has 2 aromatic carbocycles. The molecule has 3 aromatic rings. The molecule has 3 N–H and O–H groups in total. The number of carbonyl (C=O) groups is 2. The van der Waals surface area contributed by atoms with Crippen molar-refractivity contribution < 1.29 is 24.2 Å². The van der Waals surface area contributed by atoms with Crippen LogP contribution in [0.25, 0.3) is 0 Å². The average Bonchev–Trinajstić information content (AvgIpc) is 3.20. The largest absolute Gasteiger partial charge is 0.491 e. The van der Waals surface area contributed by atoms with E-state index >= 15 is 0 Å². The molecule has 0 aliphatic heterocycles. The molecule has 2 amide bonds. The zero-order chi connectivity index (χ0) is 23.8. The number of nitrogens with zero attached hydrogens (tertiary/aromatic N) is 1. The molecule has 33 heavy (non-hydrogen) atoms. The number of aryl methyl sites for hydroxylation is 1. The van der Waals surface area contributed by atoms with Gasteiger partial charge in [0, 0.05) is 6.20 Å². The topological polar surface area (TPSA) is 110 Å². The number of urea groups is 1. The number of aliphatic carboxylic acids is 1. The number of thiazole rings is 1. The van der Waals surface area contributed by atoms with Crippen molar-refractivity contribution in [1.82, 2.24) is 4.98 Å². The summed E-state index contributed by atoms with van der Waals surface area (Å²) in [7, 11) is 0. The lowest BCUT2D eigenvalue weighted by Gasteiger charge is -2.14. The van der Waals surface area contributed by atoms with Gasteiger partial charge >= 0.3 is 12.0 Å². The first-order valence-corrected chi connectivity index (χ1v) is 11.3. The van der Waals surface area contributed by atoms with Crippen molar-refractivity contribution in [3.8, 4) is 11.5 Å². The maximum atomic E-state index is 12.5. The Bertz CT molecular complexity index is 1100. The molecule has 0 aliphatic carbocycles. The number of hydrogen-bond acceptors (Lipinski definition) is 6. The fraction of sp³-hybridized carbons (Fsp3) is 0.292. The molecular formula is C24H27N3O5S. The Balaban J connectivity index is 1.53. The second kappa shape index (κ2) is 11.3. The van der Waals surface area contributed by atoms with Crippen LogP contribution < -0.4 is 20.1 Å². The molecule has 0 radical (unpaired) electrons. The molecule has 9 heteroatoms. The van der Waals surface area contributed by atoms with Gasteiger partial charge in [-0.15, -0.1) is 0 Å². The highest BCUT2D eigenvalue weighted by Gasteiger charge is 2.12. The fourth-order valence-corrected chi connectivity index (χ4v) is 3.54. The Morgan fingerprint density at radius 1 is 1.09 bits per heavy atom. The van der Waals surface area contributed by atoms with Gasteiger partial charge < -0.3 is 19.9 Å². The van der Waals surface area contributed by atoms with Crippen molar-refractivity contribution in [3.05, 3.63) is 64.7 Å². The van der Waals surface area contributed by atoms with Gasteiger partial charge in [0.1, 0.15) is 18.1 Å². The second-order valence-corrected chi connectivity index (χ2v) is 9.03. The zero-order valence-corrected chi connectivity index (χ0v) is 19.6. The molecular weight excluding hydrogens is 442 g/mol. The van der Waals surface area contributed by atoms with Crippen LogP contribution in [0.3, 0.4) is 0 Å². The minimum absolute atomic E-state index is 0.0276. The third kappa shape index (κ3) is 7.80. The first-order valence-electron chi connectivity index (χ1n) is 10.5. The molecule has 0 unspecified atom stereocenters. The van der Waals surface area contributed by atoms with Crippen molar-refractivity contribution in [2.24, 2.45) is 5.92 Å². The minimum Gasteiger partial charge on any atom is -0.491 e. The van der Waals surface area contributed by atoms with Crippen LogP contribution in [0.1, 0.15) is 29.9 Å². The van der Waals surface area contributed by atoms with Crippen molar-refractivity contribution in [2.45, 2.75) is 33.8 Å². The molecule has 0 atom stereocenters. The summed E-state index contributed by atoms with van der Waals surface area (Å²) in [5, 5.41) is 14.8. The summed E-state index contributed by atoms with van der Waals surface area (Å²) in [5.74, 6) is 0.740. The fourth-order valence-electron chi connectivity index (χ4n) is 2.82. The van der Waals surface area contributed by atoms with Crippen LogP contribution in [0, 0.1) is 12.8 Å². The third-order valence-corrected chi connectivity index (χ3v) is 5.28. The highest BCUT2D eigenvalue weighted by Crippen LogP contribution is 2.27. The van der Waals surface area contributed by atoms with Crippen molar-refractivity contribution in [2.75, 3.05) is 17.2 Å². The summed E-state index contributed by atoms with van der Waals surface area (Å²) in [4.78, 5) is 28.3. The average molecular weight is 470 g/mol. The number of nitrogens with one attached hydrogen (secondary N) is 2. The SMILES string of the molecule is Cc1ccc(NC(=O)Nc2ncc(COc3ccc(CC(=O)O)cc3)s2)c(OCC(C)C)c1. The molecule has 0 saturated heterocycles. The number of rotatable bonds is 10. The van der Waals surface area contributed by atoms with Gasteiger partial charge in [-0.2, -0.15) is 0 Å². The van der Waals surface area contributed by atoms with E-state index in [0.717, 1.165) is 10.4 Å². The van der Waals surface area contributed by atoms with Crippen molar-refractivity contribution in [1.29, 1.82) is 0 Å². The van der Waals surface area contributed by atoms with Gasteiger partial charge in [-0.25, -0.2) is 9.78 Å². The highest BCUT2D eigenvalue weighted by atomic mass is 32.1. The number of hydrogen-bond donors (Lipinski definition) is 3. The number of aromatic nitrogens is 1. The molecule has 8 nitrogen and oxygen atoms in total.